The van der Waals surface area contributed by atoms with E-state index in [-0.39, 0.29) is 22.5 Å². The van der Waals surface area contributed by atoms with E-state index in [0.29, 0.717) is 12.0 Å². The molecule has 0 aliphatic rings. The molecule has 0 heterocycles. The molecule has 0 fully saturated rings. The van der Waals surface area contributed by atoms with E-state index in [0.717, 1.165) is 22.4 Å². The molecule has 4 nitrogen and oxygen atoms in total. The van der Waals surface area contributed by atoms with E-state index in [2.05, 4.69) is 10.5 Å². The largest absolute Gasteiger partial charge is 0.507 e. The van der Waals surface area contributed by atoms with E-state index in [9.17, 15) is 9.90 Å². The van der Waals surface area contributed by atoms with Crippen molar-refractivity contribution in [2.45, 2.75) is 65.7 Å². The average molecular weight is 381 g/mol. The molecule has 2 aromatic rings. The molecule has 0 atom stereocenters. The molecule has 0 saturated heterocycles. The molecule has 0 aliphatic carbocycles. The second kappa shape index (κ2) is 8.17. The van der Waals surface area contributed by atoms with Crippen LogP contribution in [0.2, 0.25) is 0 Å². The van der Waals surface area contributed by atoms with Gasteiger partial charge in [-0.05, 0) is 34.9 Å². The molecule has 150 valence electrons. The van der Waals surface area contributed by atoms with Crippen LogP contribution in [0, 0.1) is 0 Å². The Morgan fingerprint density at radius 2 is 1.43 bits per heavy atom. The summed E-state index contributed by atoms with van der Waals surface area (Å²) < 4.78 is 0. The summed E-state index contributed by atoms with van der Waals surface area (Å²) in [7, 11) is 0. The highest BCUT2D eigenvalue weighted by atomic mass is 16.3. The minimum atomic E-state index is -0.289. The van der Waals surface area contributed by atoms with Crippen molar-refractivity contribution in [1.82, 2.24) is 5.43 Å². The molecule has 0 spiro atoms. The minimum absolute atomic E-state index is 0.263. The van der Waals surface area contributed by atoms with Crippen LogP contribution < -0.4 is 5.43 Å². The van der Waals surface area contributed by atoms with Gasteiger partial charge in [-0.15, -0.1) is 0 Å². The maximum absolute atomic E-state index is 12.9. The van der Waals surface area contributed by atoms with Crippen LogP contribution in [-0.4, -0.2) is 16.7 Å². The number of nitrogens with one attached hydrogen (secondary N) is 1. The van der Waals surface area contributed by atoms with Crippen molar-refractivity contribution in [2.24, 2.45) is 5.10 Å². The SMILES string of the molecule is CCC(=NNC(=O)c1cc(C(C)(C)C)c(O)c(C(C)(C)C)c1)c1ccccc1. The second-order valence-corrected chi connectivity index (χ2v) is 9.14. The monoisotopic (exact) mass is 380 g/mol. The fourth-order valence-corrected chi connectivity index (χ4v) is 3.07. The van der Waals surface area contributed by atoms with Gasteiger partial charge < -0.3 is 5.11 Å². The van der Waals surface area contributed by atoms with Crippen LogP contribution in [0.25, 0.3) is 0 Å². The van der Waals surface area contributed by atoms with E-state index in [1.165, 1.54) is 0 Å². The smallest absolute Gasteiger partial charge is 0.271 e. The number of carbonyl (C=O) groups is 1. The molecule has 0 aliphatic heterocycles. The summed E-state index contributed by atoms with van der Waals surface area (Å²) in [6.45, 7) is 14.2. The summed E-state index contributed by atoms with van der Waals surface area (Å²) >= 11 is 0. The Labute approximate surface area is 168 Å². The molecule has 0 radical (unpaired) electrons. The minimum Gasteiger partial charge on any atom is -0.507 e. The van der Waals surface area contributed by atoms with Gasteiger partial charge in [-0.25, -0.2) is 5.43 Å². The number of amides is 1. The number of carbonyl (C=O) groups excluding carboxylic acids is 1. The van der Waals surface area contributed by atoms with Crippen molar-refractivity contribution < 1.29 is 9.90 Å². The molecule has 28 heavy (non-hydrogen) atoms. The summed E-state index contributed by atoms with van der Waals surface area (Å²) in [5, 5.41) is 15.2. The van der Waals surface area contributed by atoms with Crippen molar-refractivity contribution >= 4 is 11.6 Å². The third-order valence-corrected chi connectivity index (χ3v) is 4.72. The number of hydrogen-bond acceptors (Lipinski definition) is 3. The number of rotatable bonds is 4. The third kappa shape index (κ3) is 5.00. The molecule has 0 unspecified atom stereocenters. The van der Waals surface area contributed by atoms with Crippen molar-refractivity contribution in [3.8, 4) is 5.75 Å². The summed E-state index contributed by atoms with van der Waals surface area (Å²) in [6.07, 6.45) is 0.709. The lowest BCUT2D eigenvalue weighted by Crippen LogP contribution is -2.23. The fraction of sp³-hybridized carbons (Fsp3) is 0.417. The number of hydrogen-bond donors (Lipinski definition) is 2. The van der Waals surface area contributed by atoms with Crippen LogP contribution in [-0.2, 0) is 10.8 Å². The molecule has 4 heteroatoms. The highest BCUT2D eigenvalue weighted by Gasteiger charge is 2.27. The first-order valence-electron chi connectivity index (χ1n) is 9.75. The van der Waals surface area contributed by atoms with Crippen molar-refractivity contribution in [2.75, 3.05) is 0 Å². The van der Waals surface area contributed by atoms with Crippen LogP contribution in [0.1, 0.15) is 81.9 Å². The number of benzene rings is 2. The average Bonchev–Trinajstić information content (AvgIpc) is 2.61. The van der Waals surface area contributed by atoms with Gasteiger partial charge >= 0.3 is 0 Å². The standard InChI is InChI=1S/C24H32N2O2/c1-8-20(16-12-10-9-11-13-16)25-26-22(28)17-14-18(23(2,3)4)21(27)19(15-17)24(5,6)7/h9-15,27H,8H2,1-7H3,(H,26,28). The molecular formula is C24H32N2O2. The van der Waals surface area contributed by atoms with Crippen LogP contribution in [0.3, 0.4) is 0 Å². The van der Waals surface area contributed by atoms with E-state index in [1.54, 1.807) is 12.1 Å². The Morgan fingerprint density at radius 3 is 1.86 bits per heavy atom. The molecule has 1 amide bonds. The molecular weight excluding hydrogens is 348 g/mol. The lowest BCUT2D eigenvalue weighted by Gasteiger charge is -2.28. The topological polar surface area (TPSA) is 61.7 Å². The molecule has 2 N–H and O–H groups in total. The van der Waals surface area contributed by atoms with Gasteiger partial charge in [0.1, 0.15) is 5.75 Å². The molecule has 0 saturated carbocycles. The number of phenols is 1. The fourth-order valence-electron chi connectivity index (χ4n) is 3.07. The van der Waals surface area contributed by atoms with Gasteiger partial charge in [-0.3, -0.25) is 4.79 Å². The van der Waals surface area contributed by atoms with Crippen LogP contribution in [0.5, 0.6) is 5.75 Å². The first-order valence-corrected chi connectivity index (χ1v) is 9.75. The van der Waals surface area contributed by atoms with Gasteiger partial charge in [0.05, 0.1) is 5.71 Å². The van der Waals surface area contributed by atoms with E-state index >= 15 is 0 Å². The predicted molar refractivity (Wildman–Crippen MR) is 116 cm³/mol. The summed E-state index contributed by atoms with van der Waals surface area (Å²) in [5.74, 6) is -0.0172. The Balaban J connectivity index is 2.44. The zero-order valence-corrected chi connectivity index (χ0v) is 18.1. The third-order valence-electron chi connectivity index (χ3n) is 4.72. The summed E-state index contributed by atoms with van der Waals surface area (Å²) in [6, 6.07) is 13.3. The predicted octanol–water partition coefficient (Wildman–Crippen LogP) is 5.53. The summed E-state index contributed by atoms with van der Waals surface area (Å²) in [4.78, 5) is 12.9. The molecule has 2 rings (SSSR count). The number of aromatic hydroxyl groups is 1. The highest BCUT2D eigenvalue weighted by molar-refractivity contribution is 6.02. The van der Waals surface area contributed by atoms with Crippen molar-refractivity contribution in [3.63, 3.8) is 0 Å². The van der Waals surface area contributed by atoms with E-state index < -0.39 is 0 Å². The normalized spacial score (nSPS) is 12.8. The molecule has 0 aromatic heterocycles. The van der Waals surface area contributed by atoms with Crippen LogP contribution >= 0.6 is 0 Å². The Morgan fingerprint density at radius 1 is 0.929 bits per heavy atom. The van der Waals surface area contributed by atoms with Crippen molar-refractivity contribution in [3.05, 3.63) is 64.7 Å². The van der Waals surface area contributed by atoms with Gasteiger partial charge in [-0.2, -0.15) is 5.10 Å². The second-order valence-electron chi connectivity index (χ2n) is 9.14. The quantitative estimate of drug-likeness (QED) is 0.541. The maximum atomic E-state index is 12.9. The lowest BCUT2D eigenvalue weighted by atomic mass is 9.78. The van der Waals surface area contributed by atoms with Gasteiger partial charge in [0.15, 0.2) is 0 Å². The molecule has 2 aromatic carbocycles. The highest BCUT2D eigenvalue weighted by Crippen LogP contribution is 2.39. The Hall–Kier alpha value is -2.62. The number of nitrogens with zero attached hydrogens (tertiary/aromatic N) is 1. The zero-order valence-electron chi connectivity index (χ0n) is 18.1. The van der Waals surface area contributed by atoms with Gasteiger partial charge in [0.25, 0.3) is 5.91 Å². The van der Waals surface area contributed by atoms with Crippen LogP contribution in [0.4, 0.5) is 0 Å². The first kappa shape index (κ1) is 21.7. The first-order chi connectivity index (χ1) is 12.9. The Kier molecular flexibility index (Phi) is 6.33. The van der Waals surface area contributed by atoms with Gasteiger partial charge in [-0.1, -0.05) is 78.8 Å². The maximum Gasteiger partial charge on any atom is 0.271 e. The summed E-state index contributed by atoms with van der Waals surface area (Å²) in [5.41, 5.74) is 5.94. The number of hydrazone groups is 1. The number of phenolic OH excluding ortho intramolecular Hbond substituents is 1. The van der Waals surface area contributed by atoms with Gasteiger partial charge in [0, 0.05) is 16.7 Å². The molecule has 0 bridgehead atoms. The Bertz CT molecular complexity index is 835. The van der Waals surface area contributed by atoms with E-state index in [4.69, 9.17) is 0 Å². The van der Waals surface area contributed by atoms with Gasteiger partial charge in [0.2, 0.25) is 0 Å². The van der Waals surface area contributed by atoms with Crippen molar-refractivity contribution in [1.29, 1.82) is 0 Å². The lowest BCUT2D eigenvalue weighted by molar-refractivity contribution is 0.0954. The van der Waals surface area contributed by atoms with E-state index in [1.807, 2.05) is 78.8 Å². The van der Waals surface area contributed by atoms with Crippen LogP contribution in [0.15, 0.2) is 47.6 Å². The zero-order chi connectivity index (χ0) is 21.1.